The number of aromatic nitrogens is 4. The molecule has 2 N–H and O–H groups in total. The first kappa shape index (κ1) is 13.6. The van der Waals surface area contributed by atoms with Crippen molar-refractivity contribution in [2.45, 2.75) is 12.8 Å². The fourth-order valence-corrected chi connectivity index (χ4v) is 2.23. The molecule has 1 aliphatic heterocycles. The second-order valence-corrected chi connectivity index (χ2v) is 5.14. The summed E-state index contributed by atoms with van der Waals surface area (Å²) in [6.07, 6.45) is 6.05. The Bertz CT molecular complexity index is 645. The molecule has 0 aromatic carbocycles. The molecule has 0 aliphatic carbocycles. The molecular formula is C13H14F2N6. The van der Waals surface area contributed by atoms with Gasteiger partial charge >= 0.3 is 0 Å². The Kier molecular flexibility index (Phi) is 3.15. The van der Waals surface area contributed by atoms with E-state index in [1.165, 1.54) is 30.4 Å². The standard InChI is InChI=1S/C13H14F2N6/c1-8-6-21(7-13(8,14)15)12-18-2-9(3-19-12)10-4-17-5-11(16)20-10/h2-5,8H,6-7H2,1H3,(H2,16,20). The maximum absolute atomic E-state index is 13.5. The molecule has 2 aromatic heterocycles. The molecule has 0 amide bonds. The lowest BCUT2D eigenvalue weighted by Gasteiger charge is -2.15. The highest BCUT2D eigenvalue weighted by molar-refractivity contribution is 5.58. The molecular weight excluding hydrogens is 278 g/mol. The van der Waals surface area contributed by atoms with Crippen molar-refractivity contribution in [2.24, 2.45) is 5.92 Å². The number of hydrogen-bond donors (Lipinski definition) is 1. The van der Waals surface area contributed by atoms with Crippen LogP contribution in [0.25, 0.3) is 11.3 Å². The molecule has 3 heterocycles. The molecule has 110 valence electrons. The van der Waals surface area contributed by atoms with Crippen molar-refractivity contribution in [1.29, 1.82) is 0 Å². The van der Waals surface area contributed by atoms with Gasteiger partial charge in [0, 0.05) is 30.4 Å². The zero-order valence-electron chi connectivity index (χ0n) is 11.4. The van der Waals surface area contributed by atoms with Gasteiger partial charge in [0.2, 0.25) is 5.95 Å². The van der Waals surface area contributed by atoms with Gasteiger partial charge in [0.05, 0.1) is 24.6 Å². The van der Waals surface area contributed by atoms with Crippen LogP contribution in [0.15, 0.2) is 24.8 Å². The second kappa shape index (κ2) is 4.87. The number of alkyl halides is 2. The van der Waals surface area contributed by atoms with E-state index in [4.69, 9.17) is 5.73 Å². The van der Waals surface area contributed by atoms with E-state index in [2.05, 4.69) is 19.9 Å². The molecule has 1 aliphatic rings. The topological polar surface area (TPSA) is 80.8 Å². The van der Waals surface area contributed by atoms with Gasteiger partial charge in [-0.3, -0.25) is 4.98 Å². The third-order valence-electron chi connectivity index (χ3n) is 3.49. The largest absolute Gasteiger partial charge is 0.382 e. The fraction of sp³-hybridized carbons (Fsp3) is 0.385. The molecule has 21 heavy (non-hydrogen) atoms. The summed E-state index contributed by atoms with van der Waals surface area (Å²) in [5, 5.41) is 0. The van der Waals surface area contributed by atoms with E-state index in [0.717, 1.165) is 0 Å². The minimum Gasteiger partial charge on any atom is -0.382 e. The SMILES string of the molecule is CC1CN(c2ncc(-c3cncc(N)n3)cn2)CC1(F)F. The van der Waals surface area contributed by atoms with E-state index in [9.17, 15) is 8.78 Å². The zero-order chi connectivity index (χ0) is 15.0. The minimum absolute atomic E-state index is 0.241. The van der Waals surface area contributed by atoms with Crippen LogP contribution in [0.1, 0.15) is 6.92 Å². The summed E-state index contributed by atoms with van der Waals surface area (Å²) in [7, 11) is 0. The van der Waals surface area contributed by atoms with Crippen LogP contribution in [0.5, 0.6) is 0 Å². The van der Waals surface area contributed by atoms with Gasteiger partial charge in [-0.05, 0) is 0 Å². The van der Waals surface area contributed by atoms with Crippen LogP contribution in [0.4, 0.5) is 20.5 Å². The lowest BCUT2D eigenvalue weighted by Crippen LogP contribution is -2.27. The summed E-state index contributed by atoms with van der Waals surface area (Å²) in [6.45, 7) is 1.41. The first-order chi connectivity index (χ1) is 9.95. The summed E-state index contributed by atoms with van der Waals surface area (Å²) in [5.41, 5.74) is 6.74. The first-order valence-electron chi connectivity index (χ1n) is 6.48. The summed E-state index contributed by atoms with van der Waals surface area (Å²) in [5.74, 6) is -2.83. The van der Waals surface area contributed by atoms with Crippen molar-refractivity contribution in [3.05, 3.63) is 24.8 Å². The number of nitrogens with zero attached hydrogens (tertiary/aromatic N) is 5. The highest BCUT2D eigenvalue weighted by Crippen LogP contribution is 2.34. The highest BCUT2D eigenvalue weighted by Gasteiger charge is 2.46. The number of halogens is 2. The minimum atomic E-state index is -2.71. The van der Waals surface area contributed by atoms with Crippen LogP contribution in [-0.4, -0.2) is 38.9 Å². The summed E-state index contributed by atoms with van der Waals surface area (Å²) in [4.78, 5) is 17.8. The molecule has 1 unspecified atom stereocenters. The zero-order valence-corrected chi connectivity index (χ0v) is 11.4. The lowest BCUT2D eigenvalue weighted by molar-refractivity contribution is -0.0138. The van der Waals surface area contributed by atoms with Crippen LogP contribution in [0.3, 0.4) is 0 Å². The summed E-state index contributed by atoms with van der Waals surface area (Å²) in [6, 6.07) is 0. The van der Waals surface area contributed by atoms with E-state index >= 15 is 0 Å². The molecule has 0 radical (unpaired) electrons. The normalized spacial score (nSPS) is 20.7. The average molecular weight is 292 g/mol. The van der Waals surface area contributed by atoms with Gasteiger partial charge in [-0.2, -0.15) is 0 Å². The first-order valence-corrected chi connectivity index (χ1v) is 6.48. The van der Waals surface area contributed by atoms with Gasteiger partial charge in [-0.15, -0.1) is 0 Å². The van der Waals surface area contributed by atoms with Crippen LogP contribution < -0.4 is 10.6 Å². The Labute approximate surface area is 120 Å². The van der Waals surface area contributed by atoms with Crippen LogP contribution >= 0.6 is 0 Å². The molecule has 0 bridgehead atoms. The van der Waals surface area contributed by atoms with Gasteiger partial charge in [0.15, 0.2) is 0 Å². The van der Waals surface area contributed by atoms with E-state index in [-0.39, 0.29) is 13.1 Å². The Morgan fingerprint density at radius 3 is 2.52 bits per heavy atom. The third kappa shape index (κ3) is 2.61. The molecule has 1 saturated heterocycles. The van der Waals surface area contributed by atoms with E-state index < -0.39 is 11.8 Å². The van der Waals surface area contributed by atoms with E-state index in [0.29, 0.717) is 23.0 Å². The maximum Gasteiger partial charge on any atom is 0.269 e. The second-order valence-electron chi connectivity index (χ2n) is 5.14. The van der Waals surface area contributed by atoms with Crippen molar-refractivity contribution in [2.75, 3.05) is 23.7 Å². The van der Waals surface area contributed by atoms with E-state index in [1.807, 2.05) is 0 Å². The predicted molar refractivity (Wildman–Crippen MR) is 73.8 cm³/mol. The lowest BCUT2D eigenvalue weighted by atomic mass is 10.1. The van der Waals surface area contributed by atoms with Crippen molar-refractivity contribution < 1.29 is 8.78 Å². The predicted octanol–water partition coefficient (Wildman–Crippen LogP) is 1.61. The number of nitrogens with two attached hydrogens (primary N) is 1. The van der Waals surface area contributed by atoms with Gasteiger partial charge in [-0.1, -0.05) is 6.92 Å². The monoisotopic (exact) mass is 292 g/mol. The molecule has 2 aromatic rings. The van der Waals surface area contributed by atoms with Crippen molar-refractivity contribution in [1.82, 2.24) is 19.9 Å². The number of anilines is 2. The molecule has 8 heteroatoms. The molecule has 0 saturated carbocycles. The number of hydrogen-bond acceptors (Lipinski definition) is 6. The fourth-order valence-electron chi connectivity index (χ4n) is 2.23. The quantitative estimate of drug-likeness (QED) is 0.905. The Balaban J connectivity index is 1.82. The smallest absolute Gasteiger partial charge is 0.269 e. The van der Waals surface area contributed by atoms with Crippen molar-refractivity contribution in [3.8, 4) is 11.3 Å². The maximum atomic E-state index is 13.5. The molecule has 3 rings (SSSR count). The summed E-state index contributed by atoms with van der Waals surface area (Å²) >= 11 is 0. The van der Waals surface area contributed by atoms with Crippen molar-refractivity contribution in [3.63, 3.8) is 0 Å². The molecule has 0 spiro atoms. The van der Waals surface area contributed by atoms with Gasteiger partial charge in [0.1, 0.15) is 5.82 Å². The van der Waals surface area contributed by atoms with Gasteiger partial charge < -0.3 is 10.6 Å². The summed E-state index contributed by atoms with van der Waals surface area (Å²) < 4.78 is 27.1. The van der Waals surface area contributed by atoms with Crippen molar-refractivity contribution >= 4 is 11.8 Å². The van der Waals surface area contributed by atoms with Gasteiger partial charge in [0.25, 0.3) is 5.92 Å². The molecule has 6 nitrogen and oxygen atoms in total. The van der Waals surface area contributed by atoms with Gasteiger partial charge in [-0.25, -0.2) is 23.7 Å². The number of rotatable bonds is 2. The van der Waals surface area contributed by atoms with Crippen LogP contribution in [-0.2, 0) is 0 Å². The molecule has 1 atom stereocenters. The third-order valence-corrected chi connectivity index (χ3v) is 3.49. The Morgan fingerprint density at radius 1 is 1.24 bits per heavy atom. The Hall–Kier alpha value is -2.38. The number of nitrogen functional groups attached to an aromatic ring is 1. The molecule has 1 fully saturated rings. The average Bonchev–Trinajstić information content (AvgIpc) is 2.73. The Morgan fingerprint density at radius 2 is 1.95 bits per heavy atom. The van der Waals surface area contributed by atoms with Crippen LogP contribution in [0.2, 0.25) is 0 Å². The van der Waals surface area contributed by atoms with E-state index in [1.54, 1.807) is 6.20 Å². The van der Waals surface area contributed by atoms with Crippen LogP contribution in [0, 0.1) is 5.92 Å². The highest BCUT2D eigenvalue weighted by atomic mass is 19.3.